The van der Waals surface area contributed by atoms with Gasteiger partial charge < -0.3 is 5.32 Å². The summed E-state index contributed by atoms with van der Waals surface area (Å²) in [6, 6.07) is 2.63. The summed E-state index contributed by atoms with van der Waals surface area (Å²) < 4.78 is 52.6. The van der Waals surface area contributed by atoms with Gasteiger partial charge in [0.05, 0.1) is 11.6 Å². The van der Waals surface area contributed by atoms with Gasteiger partial charge in [0, 0.05) is 31.2 Å². The van der Waals surface area contributed by atoms with E-state index in [0.29, 0.717) is 26.2 Å². The van der Waals surface area contributed by atoms with Gasteiger partial charge in [0.25, 0.3) is 0 Å². The molecule has 1 atom stereocenters. The molecule has 0 saturated carbocycles. The van der Waals surface area contributed by atoms with Crippen molar-refractivity contribution >= 4 is 36.4 Å². The van der Waals surface area contributed by atoms with E-state index >= 15 is 0 Å². The molecule has 1 fully saturated rings. The topological polar surface area (TPSA) is 15.3 Å². The minimum atomic E-state index is -4.54. The van der Waals surface area contributed by atoms with Crippen LogP contribution < -0.4 is 5.32 Å². The fourth-order valence-corrected chi connectivity index (χ4v) is 2.61. The number of halogens is 7. The molecular formula is C13H17Cl3F4N2. The molecule has 1 heterocycles. The third-order valence-electron chi connectivity index (χ3n) is 3.42. The number of nitrogens with one attached hydrogen (secondary N) is 1. The summed E-state index contributed by atoms with van der Waals surface area (Å²) in [6.45, 7) is 1.48. The van der Waals surface area contributed by atoms with Crippen LogP contribution in [0.3, 0.4) is 0 Å². The zero-order chi connectivity index (χ0) is 14.8. The van der Waals surface area contributed by atoms with Gasteiger partial charge in [0.15, 0.2) is 0 Å². The molecule has 2 nitrogen and oxygen atoms in total. The zero-order valence-electron chi connectivity index (χ0n) is 11.5. The highest BCUT2D eigenvalue weighted by molar-refractivity contribution is 6.30. The Morgan fingerprint density at radius 2 is 1.77 bits per heavy atom. The molecule has 0 aliphatic carbocycles. The second kappa shape index (κ2) is 9.13. The molecule has 0 aromatic heterocycles. The Morgan fingerprint density at radius 3 is 2.27 bits per heavy atom. The van der Waals surface area contributed by atoms with E-state index in [1.165, 1.54) is 12.1 Å². The summed E-state index contributed by atoms with van der Waals surface area (Å²) in [6.07, 6.45) is -4.54. The number of hydrogen-bond donors (Lipinski definition) is 1. The number of benzene rings is 1. The van der Waals surface area contributed by atoms with E-state index < -0.39 is 24.5 Å². The van der Waals surface area contributed by atoms with Crippen LogP contribution in [0.25, 0.3) is 0 Å². The van der Waals surface area contributed by atoms with Crippen LogP contribution in [-0.2, 0) is 6.18 Å². The van der Waals surface area contributed by atoms with E-state index in [1.807, 2.05) is 0 Å². The summed E-state index contributed by atoms with van der Waals surface area (Å²) in [5, 5.41) is 3.09. The van der Waals surface area contributed by atoms with Gasteiger partial charge in [-0.25, -0.2) is 4.39 Å². The fourth-order valence-electron chi connectivity index (χ4n) is 2.44. The van der Waals surface area contributed by atoms with Crippen molar-refractivity contribution in [3.8, 4) is 0 Å². The lowest BCUT2D eigenvalue weighted by Crippen LogP contribution is -2.46. The van der Waals surface area contributed by atoms with Crippen LogP contribution in [0.15, 0.2) is 18.2 Å². The second-order valence-electron chi connectivity index (χ2n) is 4.69. The number of hydrogen-bond acceptors (Lipinski definition) is 2. The molecule has 22 heavy (non-hydrogen) atoms. The van der Waals surface area contributed by atoms with Crippen molar-refractivity contribution in [2.75, 3.05) is 32.9 Å². The predicted octanol–water partition coefficient (Wildman–Crippen LogP) is 4.12. The van der Waals surface area contributed by atoms with E-state index in [1.54, 1.807) is 4.90 Å². The lowest BCUT2D eigenvalue weighted by atomic mass is 9.99. The van der Waals surface area contributed by atoms with E-state index in [4.69, 9.17) is 11.6 Å². The monoisotopic (exact) mass is 382 g/mol. The van der Waals surface area contributed by atoms with Crippen LogP contribution in [0.1, 0.15) is 17.2 Å². The average Bonchev–Trinajstić information content (AvgIpc) is 2.41. The maximum atomic E-state index is 13.3. The Balaban J connectivity index is 0.00000220. The smallest absolute Gasteiger partial charge is 0.314 e. The third-order valence-corrected chi connectivity index (χ3v) is 3.65. The molecule has 0 spiro atoms. The highest BCUT2D eigenvalue weighted by Gasteiger charge is 2.37. The Hall–Kier alpha value is -0.270. The molecule has 0 bridgehead atoms. The summed E-state index contributed by atoms with van der Waals surface area (Å²) in [7, 11) is 0. The molecular weight excluding hydrogens is 367 g/mol. The number of rotatable bonds is 3. The van der Waals surface area contributed by atoms with Gasteiger partial charge in [-0.2, -0.15) is 13.2 Å². The van der Waals surface area contributed by atoms with Gasteiger partial charge in [-0.3, -0.25) is 4.90 Å². The average molecular weight is 384 g/mol. The molecule has 2 rings (SSSR count). The molecule has 0 unspecified atom stereocenters. The maximum absolute atomic E-state index is 13.3. The molecule has 1 aliphatic heterocycles. The van der Waals surface area contributed by atoms with Crippen LogP contribution in [0, 0.1) is 0 Å². The van der Waals surface area contributed by atoms with Crippen molar-refractivity contribution < 1.29 is 17.6 Å². The minimum absolute atomic E-state index is 0. The summed E-state index contributed by atoms with van der Waals surface area (Å²) >= 11 is 5.64. The van der Waals surface area contributed by atoms with Gasteiger partial charge in [0.1, 0.15) is 6.67 Å². The van der Waals surface area contributed by atoms with Crippen LogP contribution in [-0.4, -0.2) is 37.8 Å². The Labute approximate surface area is 144 Å². The summed E-state index contributed by atoms with van der Waals surface area (Å²) in [5.74, 6) is 0. The van der Waals surface area contributed by atoms with Gasteiger partial charge >= 0.3 is 6.18 Å². The molecule has 9 heteroatoms. The van der Waals surface area contributed by atoms with Crippen molar-refractivity contribution in [2.24, 2.45) is 0 Å². The van der Waals surface area contributed by atoms with Crippen LogP contribution in [0.5, 0.6) is 0 Å². The normalized spacial score (nSPS) is 17.3. The van der Waals surface area contributed by atoms with Gasteiger partial charge in [-0.05, 0) is 17.7 Å². The molecule has 1 aromatic rings. The molecule has 1 N–H and O–H groups in total. The highest BCUT2D eigenvalue weighted by Crippen LogP contribution is 2.38. The van der Waals surface area contributed by atoms with E-state index in [9.17, 15) is 17.6 Å². The first kappa shape index (κ1) is 21.7. The van der Waals surface area contributed by atoms with Crippen molar-refractivity contribution in [1.82, 2.24) is 10.2 Å². The van der Waals surface area contributed by atoms with E-state index in [0.717, 1.165) is 6.07 Å². The number of alkyl halides is 4. The molecule has 0 amide bonds. The van der Waals surface area contributed by atoms with Crippen LogP contribution in [0.2, 0.25) is 5.02 Å². The van der Waals surface area contributed by atoms with Gasteiger partial charge in [-0.1, -0.05) is 17.7 Å². The lowest BCUT2D eigenvalue weighted by Gasteiger charge is -2.34. The van der Waals surface area contributed by atoms with Crippen LogP contribution in [0.4, 0.5) is 17.6 Å². The van der Waals surface area contributed by atoms with Gasteiger partial charge in [-0.15, -0.1) is 24.8 Å². The Bertz CT molecular complexity index is 465. The third kappa shape index (κ3) is 5.13. The predicted molar refractivity (Wildman–Crippen MR) is 84.1 cm³/mol. The zero-order valence-corrected chi connectivity index (χ0v) is 13.9. The second-order valence-corrected chi connectivity index (χ2v) is 5.12. The van der Waals surface area contributed by atoms with Crippen molar-refractivity contribution in [1.29, 1.82) is 0 Å². The maximum Gasteiger partial charge on any atom is 0.416 e. The van der Waals surface area contributed by atoms with Crippen molar-refractivity contribution in [2.45, 2.75) is 12.2 Å². The van der Waals surface area contributed by atoms with Gasteiger partial charge in [0.2, 0.25) is 0 Å². The van der Waals surface area contributed by atoms with E-state index in [2.05, 4.69) is 5.32 Å². The number of piperazine rings is 1. The fraction of sp³-hybridized carbons (Fsp3) is 0.538. The molecule has 1 aliphatic rings. The Kier molecular flexibility index (Phi) is 9.02. The largest absolute Gasteiger partial charge is 0.416 e. The molecule has 0 radical (unpaired) electrons. The number of nitrogens with zero attached hydrogens (tertiary/aromatic N) is 1. The Morgan fingerprint density at radius 1 is 1.18 bits per heavy atom. The minimum Gasteiger partial charge on any atom is -0.314 e. The SMILES string of the molecule is Cl.Cl.FC[C@H](c1ccc(Cl)cc1C(F)(F)F)N1CCNCC1. The molecule has 1 saturated heterocycles. The van der Waals surface area contributed by atoms with E-state index in [-0.39, 0.29) is 35.4 Å². The summed E-state index contributed by atoms with van der Waals surface area (Å²) in [5.41, 5.74) is -0.905. The van der Waals surface area contributed by atoms with Crippen molar-refractivity contribution in [3.63, 3.8) is 0 Å². The highest BCUT2D eigenvalue weighted by atomic mass is 35.5. The first-order chi connectivity index (χ1) is 9.43. The first-order valence-corrected chi connectivity index (χ1v) is 6.68. The quantitative estimate of drug-likeness (QED) is 0.790. The standard InChI is InChI=1S/C13H15ClF4N2.2ClH/c14-9-1-2-10(11(7-9)13(16,17)18)12(8-15)20-5-3-19-4-6-20;;/h1-2,7,12,19H,3-6,8H2;2*1H/t12-;;/m1../s1. The van der Waals surface area contributed by atoms with Crippen LogP contribution >= 0.6 is 36.4 Å². The summed E-state index contributed by atoms with van der Waals surface area (Å²) in [4.78, 5) is 1.73. The molecule has 128 valence electrons. The molecule has 1 aromatic carbocycles. The first-order valence-electron chi connectivity index (χ1n) is 6.31. The van der Waals surface area contributed by atoms with Crippen molar-refractivity contribution in [3.05, 3.63) is 34.3 Å². The lowest BCUT2D eigenvalue weighted by molar-refractivity contribution is -0.138.